The Labute approximate surface area is 89.6 Å². The smallest absolute Gasteiger partial charge is 0.377 e. The van der Waals surface area contributed by atoms with E-state index in [-0.39, 0.29) is 18.2 Å². The first kappa shape index (κ1) is 15.4. The van der Waals surface area contributed by atoms with Crippen molar-refractivity contribution in [2.45, 2.75) is 6.04 Å². The Hall–Kier alpha value is -0.110. The monoisotopic (exact) mass is 247 g/mol. The molecule has 0 aliphatic rings. The predicted octanol–water partition coefficient (Wildman–Crippen LogP) is 0.968. The summed E-state index contributed by atoms with van der Waals surface area (Å²) in [6.45, 7) is 0. The van der Waals surface area contributed by atoms with E-state index in [1.807, 2.05) is 0 Å². The Bertz CT molecular complexity index is 180. The van der Waals surface area contributed by atoms with Crippen molar-refractivity contribution < 1.29 is 19.4 Å². The van der Waals surface area contributed by atoms with Crippen molar-refractivity contribution >= 4 is 45.3 Å². The molecule has 1 atom stereocenters. The van der Waals surface area contributed by atoms with E-state index in [9.17, 15) is 9.59 Å². The number of carboxylic acid groups (broad SMARTS) is 1. The second kappa shape index (κ2) is 8.49. The van der Waals surface area contributed by atoms with Gasteiger partial charge in [-0.15, -0.1) is 12.4 Å². The SMILES string of the molecule is COC(=O)SSC[C@H](N)C(=O)O.Cl. The van der Waals surface area contributed by atoms with E-state index in [1.54, 1.807) is 0 Å². The molecule has 0 saturated carbocycles. The number of hydrogen-bond donors (Lipinski definition) is 2. The highest BCUT2D eigenvalue weighted by atomic mass is 35.5. The van der Waals surface area contributed by atoms with Crippen molar-refractivity contribution in [1.29, 1.82) is 0 Å². The normalized spacial score (nSPS) is 11.2. The summed E-state index contributed by atoms with van der Waals surface area (Å²) in [5.74, 6) is -0.900. The number of methoxy groups -OCH3 is 1. The zero-order chi connectivity index (χ0) is 9.56. The van der Waals surface area contributed by atoms with Gasteiger partial charge in [0.1, 0.15) is 6.04 Å². The molecule has 8 heteroatoms. The van der Waals surface area contributed by atoms with E-state index >= 15 is 0 Å². The van der Waals surface area contributed by atoms with E-state index < -0.39 is 17.3 Å². The molecule has 0 aromatic carbocycles. The van der Waals surface area contributed by atoms with E-state index in [1.165, 1.54) is 7.11 Å². The topological polar surface area (TPSA) is 89.6 Å². The van der Waals surface area contributed by atoms with Gasteiger partial charge in [0.15, 0.2) is 0 Å². The molecule has 0 fully saturated rings. The zero-order valence-electron chi connectivity index (χ0n) is 6.76. The highest BCUT2D eigenvalue weighted by molar-refractivity contribution is 8.82. The van der Waals surface area contributed by atoms with Crippen LogP contribution in [-0.2, 0) is 9.53 Å². The molecule has 0 bridgehead atoms. The molecule has 5 nitrogen and oxygen atoms in total. The first-order chi connectivity index (χ1) is 5.57. The molecular formula is C5H10ClNO4S2. The lowest BCUT2D eigenvalue weighted by Crippen LogP contribution is -2.32. The van der Waals surface area contributed by atoms with E-state index in [0.717, 1.165) is 21.6 Å². The van der Waals surface area contributed by atoms with Crippen LogP contribution in [0.25, 0.3) is 0 Å². The van der Waals surface area contributed by atoms with Gasteiger partial charge in [-0.05, 0) is 0 Å². The standard InChI is InChI=1S/C5H9NO4S2.ClH/c1-10-5(9)12-11-2-3(6)4(7)8;/h3H,2,6H2,1H3,(H,7,8);1H/t3-;/m0./s1. The van der Waals surface area contributed by atoms with Gasteiger partial charge in [-0.25, -0.2) is 4.79 Å². The molecule has 0 radical (unpaired) electrons. The number of aliphatic carboxylic acids is 1. The maximum absolute atomic E-state index is 10.5. The third kappa shape index (κ3) is 8.23. The molecule has 0 aromatic rings. The average molecular weight is 248 g/mol. The molecule has 0 aromatic heterocycles. The van der Waals surface area contributed by atoms with Gasteiger partial charge in [0.2, 0.25) is 0 Å². The molecule has 0 saturated heterocycles. The number of ether oxygens (including phenoxy) is 1. The van der Waals surface area contributed by atoms with Crippen LogP contribution in [0.5, 0.6) is 0 Å². The van der Waals surface area contributed by atoms with Crippen molar-refractivity contribution in [3.63, 3.8) is 0 Å². The van der Waals surface area contributed by atoms with Gasteiger partial charge in [0.25, 0.3) is 0 Å². The number of halogens is 1. The van der Waals surface area contributed by atoms with Crippen LogP contribution in [0, 0.1) is 0 Å². The summed E-state index contributed by atoms with van der Waals surface area (Å²) in [5.41, 5.74) is 5.16. The van der Waals surface area contributed by atoms with E-state index in [0.29, 0.717) is 0 Å². The van der Waals surface area contributed by atoms with Crippen molar-refractivity contribution in [2.24, 2.45) is 5.73 Å². The summed E-state index contributed by atoms with van der Waals surface area (Å²) in [6, 6.07) is -0.938. The Morgan fingerprint density at radius 3 is 2.54 bits per heavy atom. The van der Waals surface area contributed by atoms with E-state index in [2.05, 4.69) is 4.74 Å². The van der Waals surface area contributed by atoms with Crippen LogP contribution < -0.4 is 5.73 Å². The first-order valence-electron chi connectivity index (χ1n) is 2.93. The Morgan fingerprint density at radius 1 is 1.62 bits per heavy atom. The molecule has 0 unspecified atom stereocenters. The molecule has 13 heavy (non-hydrogen) atoms. The minimum atomic E-state index is -1.08. The second-order valence-corrected chi connectivity index (χ2v) is 4.04. The van der Waals surface area contributed by atoms with Crippen molar-refractivity contribution in [1.82, 2.24) is 0 Å². The van der Waals surface area contributed by atoms with Gasteiger partial charge in [-0.3, -0.25) is 4.79 Å². The molecule has 0 aliphatic carbocycles. The number of nitrogens with two attached hydrogens (primary N) is 1. The van der Waals surface area contributed by atoms with Crippen LogP contribution >= 0.6 is 34.0 Å². The number of carbonyl (C=O) groups excluding carboxylic acids is 1. The van der Waals surface area contributed by atoms with Crippen LogP contribution in [0.15, 0.2) is 0 Å². The number of carbonyl (C=O) groups is 2. The highest BCUT2D eigenvalue weighted by Gasteiger charge is 2.12. The Balaban J connectivity index is 0. The summed E-state index contributed by atoms with van der Waals surface area (Å²) in [6.07, 6.45) is 0. The fourth-order valence-corrected chi connectivity index (χ4v) is 1.92. The van der Waals surface area contributed by atoms with Gasteiger partial charge < -0.3 is 15.6 Å². The molecule has 0 spiro atoms. The number of hydrogen-bond acceptors (Lipinski definition) is 6. The maximum Gasteiger partial charge on any atom is 0.377 e. The highest BCUT2D eigenvalue weighted by Crippen LogP contribution is 2.23. The lowest BCUT2D eigenvalue weighted by Gasteiger charge is -2.03. The van der Waals surface area contributed by atoms with Crippen LogP contribution in [0.3, 0.4) is 0 Å². The second-order valence-electron chi connectivity index (χ2n) is 1.77. The van der Waals surface area contributed by atoms with E-state index in [4.69, 9.17) is 10.8 Å². The molecule has 0 heterocycles. The fourth-order valence-electron chi connectivity index (χ4n) is 0.261. The third-order valence-electron chi connectivity index (χ3n) is 0.858. The molecule has 78 valence electrons. The van der Waals surface area contributed by atoms with Crippen LogP contribution in [0.2, 0.25) is 0 Å². The first-order valence-corrected chi connectivity index (χ1v) is 5.25. The maximum atomic E-state index is 10.5. The molecule has 0 rings (SSSR count). The predicted molar refractivity (Wildman–Crippen MR) is 55.3 cm³/mol. The van der Waals surface area contributed by atoms with Crippen LogP contribution in [0.4, 0.5) is 4.79 Å². The minimum Gasteiger partial charge on any atom is -0.480 e. The average Bonchev–Trinajstić information content (AvgIpc) is 2.03. The summed E-state index contributed by atoms with van der Waals surface area (Å²) >= 11 is 0. The van der Waals surface area contributed by atoms with Gasteiger partial charge in [-0.1, -0.05) is 10.8 Å². The van der Waals surface area contributed by atoms with Crippen LogP contribution in [-0.4, -0.2) is 35.3 Å². The Morgan fingerprint density at radius 2 is 2.15 bits per heavy atom. The molecular weight excluding hydrogens is 238 g/mol. The van der Waals surface area contributed by atoms with Gasteiger partial charge in [-0.2, -0.15) is 0 Å². The summed E-state index contributed by atoms with van der Waals surface area (Å²) in [4.78, 5) is 20.7. The van der Waals surface area contributed by atoms with Gasteiger partial charge >= 0.3 is 11.3 Å². The van der Waals surface area contributed by atoms with Crippen molar-refractivity contribution in [3.8, 4) is 0 Å². The summed E-state index contributed by atoms with van der Waals surface area (Å²) < 4.78 is 4.31. The van der Waals surface area contributed by atoms with Gasteiger partial charge in [0.05, 0.1) is 7.11 Å². The summed E-state index contributed by atoms with van der Waals surface area (Å²) in [5, 5.41) is 7.88. The molecule has 3 N–H and O–H groups in total. The van der Waals surface area contributed by atoms with Gasteiger partial charge in [0, 0.05) is 16.5 Å². The zero-order valence-corrected chi connectivity index (χ0v) is 9.21. The van der Waals surface area contributed by atoms with Crippen LogP contribution in [0.1, 0.15) is 0 Å². The fraction of sp³-hybridized carbons (Fsp3) is 0.600. The lowest BCUT2D eigenvalue weighted by atomic mass is 10.4. The third-order valence-corrected chi connectivity index (χ3v) is 2.94. The lowest BCUT2D eigenvalue weighted by molar-refractivity contribution is -0.137. The number of rotatable bonds is 4. The quantitative estimate of drug-likeness (QED) is 0.565. The van der Waals surface area contributed by atoms with Crippen molar-refractivity contribution in [3.05, 3.63) is 0 Å². The molecule has 0 aliphatic heterocycles. The minimum absolute atomic E-state index is 0. The Kier molecular flexibility index (Phi) is 10.0. The largest absolute Gasteiger partial charge is 0.480 e. The number of carboxylic acids is 1. The van der Waals surface area contributed by atoms with Crippen molar-refractivity contribution in [2.75, 3.05) is 12.9 Å². The molecule has 0 amide bonds. The summed E-state index contributed by atoms with van der Waals surface area (Å²) in [7, 11) is 3.15.